The molecule has 0 bridgehead atoms. The normalized spacial score (nSPS) is 14.7. The minimum absolute atomic E-state index is 0.167. The van der Waals surface area contributed by atoms with Crippen LogP contribution in [0.5, 0.6) is 5.75 Å². The lowest BCUT2D eigenvalue weighted by atomic mass is 10.1. The molecule has 138 valence electrons. The second kappa shape index (κ2) is 7.55. The minimum atomic E-state index is -0.852. The number of aliphatic carboxylic acids is 1. The molecule has 8 heteroatoms. The summed E-state index contributed by atoms with van der Waals surface area (Å²) in [6.07, 6.45) is 1.69. The lowest BCUT2D eigenvalue weighted by Crippen LogP contribution is -2.34. The van der Waals surface area contributed by atoms with Gasteiger partial charge in [0.15, 0.2) is 0 Å². The average Bonchev–Trinajstić information content (AvgIpc) is 3.29. The Bertz CT molecular complexity index is 780. The van der Waals surface area contributed by atoms with Crippen LogP contribution in [0.3, 0.4) is 0 Å². The summed E-state index contributed by atoms with van der Waals surface area (Å²) in [6.45, 7) is 2.69. The number of benzene rings is 1. The van der Waals surface area contributed by atoms with Crippen LogP contribution in [-0.4, -0.2) is 40.3 Å². The Morgan fingerprint density at radius 2 is 2.04 bits per heavy atom. The molecule has 1 fully saturated rings. The van der Waals surface area contributed by atoms with E-state index in [0.717, 1.165) is 11.3 Å². The zero-order chi connectivity index (χ0) is 18.6. The highest BCUT2D eigenvalue weighted by Gasteiger charge is 2.50. The molecule has 2 aromatic rings. The van der Waals surface area contributed by atoms with Crippen molar-refractivity contribution in [1.82, 2.24) is 15.5 Å². The van der Waals surface area contributed by atoms with Crippen LogP contribution in [0.15, 0.2) is 28.8 Å². The number of amides is 1. The maximum absolute atomic E-state index is 11.9. The molecule has 0 spiro atoms. The molecule has 0 aliphatic heterocycles. The number of carboxylic acids is 1. The van der Waals surface area contributed by atoms with Gasteiger partial charge in [0.25, 0.3) is 0 Å². The van der Waals surface area contributed by atoms with Crippen molar-refractivity contribution in [2.24, 2.45) is 5.41 Å². The maximum atomic E-state index is 11.9. The number of hydrogen-bond acceptors (Lipinski definition) is 6. The molecule has 1 aromatic heterocycles. The van der Waals surface area contributed by atoms with Crippen molar-refractivity contribution in [3.63, 3.8) is 0 Å². The monoisotopic (exact) mass is 359 g/mol. The van der Waals surface area contributed by atoms with Crippen LogP contribution < -0.4 is 10.1 Å². The number of aromatic nitrogens is 2. The lowest BCUT2D eigenvalue weighted by molar-refractivity contribution is -0.143. The standard InChI is InChI=1S/C18H21N3O5/c1-2-25-13-5-3-12(4-6-13)16-20-15(26-21-16)8-7-14(22)19-11-18(9-10-18)17(23)24/h3-6H,2,7-11H2,1H3,(H,19,22)(H,23,24). The van der Waals surface area contributed by atoms with Gasteiger partial charge in [-0.25, -0.2) is 0 Å². The van der Waals surface area contributed by atoms with Gasteiger partial charge in [-0.15, -0.1) is 0 Å². The van der Waals surface area contributed by atoms with Crippen molar-refractivity contribution >= 4 is 11.9 Å². The first kappa shape index (κ1) is 17.9. The summed E-state index contributed by atoms with van der Waals surface area (Å²) in [5, 5.41) is 15.7. The Labute approximate surface area is 150 Å². The smallest absolute Gasteiger partial charge is 0.311 e. The molecule has 8 nitrogen and oxygen atoms in total. The number of carboxylic acid groups (broad SMARTS) is 1. The summed E-state index contributed by atoms with van der Waals surface area (Å²) in [5.41, 5.74) is 0.0334. The predicted octanol–water partition coefficient (Wildman–Crippen LogP) is 2.05. The first-order valence-corrected chi connectivity index (χ1v) is 8.58. The number of nitrogens with zero attached hydrogens (tertiary/aromatic N) is 2. The fourth-order valence-electron chi connectivity index (χ4n) is 2.53. The Kier molecular flexibility index (Phi) is 5.20. The Hall–Kier alpha value is -2.90. The van der Waals surface area contributed by atoms with Gasteiger partial charge >= 0.3 is 5.97 Å². The van der Waals surface area contributed by atoms with Crippen molar-refractivity contribution in [3.05, 3.63) is 30.2 Å². The fourth-order valence-corrected chi connectivity index (χ4v) is 2.53. The molecule has 1 aliphatic rings. The van der Waals surface area contributed by atoms with Crippen LogP contribution in [0.25, 0.3) is 11.4 Å². The Morgan fingerprint density at radius 3 is 2.65 bits per heavy atom. The second-order valence-corrected chi connectivity index (χ2v) is 6.33. The number of aryl methyl sites for hydroxylation is 1. The van der Waals surface area contributed by atoms with E-state index in [4.69, 9.17) is 14.4 Å². The van der Waals surface area contributed by atoms with E-state index in [1.54, 1.807) is 0 Å². The molecule has 1 aromatic carbocycles. The van der Waals surface area contributed by atoms with E-state index in [1.807, 2.05) is 31.2 Å². The molecule has 1 heterocycles. The number of carbonyl (C=O) groups excluding carboxylic acids is 1. The van der Waals surface area contributed by atoms with E-state index in [9.17, 15) is 9.59 Å². The van der Waals surface area contributed by atoms with Crippen molar-refractivity contribution in [2.45, 2.75) is 32.6 Å². The molecule has 3 rings (SSSR count). The average molecular weight is 359 g/mol. The van der Waals surface area contributed by atoms with Crippen LogP contribution >= 0.6 is 0 Å². The zero-order valence-electron chi connectivity index (χ0n) is 14.5. The van der Waals surface area contributed by atoms with Gasteiger partial charge in [-0.05, 0) is 44.0 Å². The summed E-state index contributed by atoms with van der Waals surface area (Å²) in [4.78, 5) is 27.2. The number of hydrogen-bond donors (Lipinski definition) is 2. The number of nitrogens with one attached hydrogen (secondary N) is 1. The van der Waals surface area contributed by atoms with Crippen LogP contribution in [0.2, 0.25) is 0 Å². The SMILES string of the molecule is CCOc1ccc(-c2noc(CCC(=O)NCC3(C(=O)O)CC3)n2)cc1. The van der Waals surface area contributed by atoms with Crippen molar-refractivity contribution < 1.29 is 24.0 Å². The van der Waals surface area contributed by atoms with E-state index in [-0.39, 0.29) is 18.9 Å². The van der Waals surface area contributed by atoms with Gasteiger partial charge in [-0.3, -0.25) is 9.59 Å². The molecule has 1 saturated carbocycles. The van der Waals surface area contributed by atoms with Crippen LogP contribution in [0.4, 0.5) is 0 Å². The fraction of sp³-hybridized carbons (Fsp3) is 0.444. The van der Waals surface area contributed by atoms with Crippen LogP contribution in [-0.2, 0) is 16.0 Å². The molecule has 0 unspecified atom stereocenters. The first-order chi connectivity index (χ1) is 12.5. The summed E-state index contributed by atoms with van der Waals surface area (Å²) in [6, 6.07) is 7.34. The Morgan fingerprint density at radius 1 is 1.31 bits per heavy atom. The van der Waals surface area contributed by atoms with Crippen molar-refractivity contribution in [2.75, 3.05) is 13.2 Å². The summed E-state index contributed by atoms with van der Waals surface area (Å²) >= 11 is 0. The lowest BCUT2D eigenvalue weighted by Gasteiger charge is -2.10. The van der Waals surface area contributed by atoms with Gasteiger partial charge in [0.1, 0.15) is 5.75 Å². The van der Waals surface area contributed by atoms with Gasteiger partial charge in [0, 0.05) is 24.9 Å². The van der Waals surface area contributed by atoms with Gasteiger partial charge < -0.3 is 19.7 Å². The first-order valence-electron chi connectivity index (χ1n) is 8.58. The molecular formula is C18H21N3O5. The van der Waals surface area contributed by atoms with Gasteiger partial charge in [0.2, 0.25) is 17.6 Å². The van der Waals surface area contributed by atoms with Gasteiger partial charge in [-0.1, -0.05) is 5.16 Å². The topological polar surface area (TPSA) is 115 Å². The van der Waals surface area contributed by atoms with Gasteiger partial charge in [-0.2, -0.15) is 4.98 Å². The number of ether oxygens (including phenoxy) is 1. The molecule has 0 saturated heterocycles. The van der Waals surface area contributed by atoms with E-state index < -0.39 is 11.4 Å². The largest absolute Gasteiger partial charge is 0.494 e. The molecule has 1 amide bonds. The quantitative estimate of drug-likeness (QED) is 0.704. The highest BCUT2D eigenvalue weighted by atomic mass is 16.5. The molecule has 26 heavy (non-hydrogen) atoms. The van der Waals surface area contributed by atoms with Crippen molar-refractivity contribution in [3.8, 4) is 17.1 Å². The van der Waals surface area contributed by atoms with Crippen molar-refractivity contribution in [1.29, 1.82) is 0 Å². The van der Waals surface area contributed by atoms with E-state index in [1.165, 1.54) is 0 Å². The third-order valence-electron chi connectivity index (χ3n) is 4.39. The number of rotatable bonds is 9. The zero-order valence-corrected chi connectivity index (χ0v) is 14.5. The van der Waals surface area contributed by atoms with E-state index >= 15 is 0 Å². The highest BCUT2D eigenvalue weighted by molar-refractivity contribution is 5.81. The molecule has 0 atom stereocenters. The third-order valence-corrected chi connectivity index (χ3v) is 4.39. The minimum Gasteiger partial charge on any atom is -0.494 e. The highest BCUT2D eigenvalue weighted by Crippen LogP contribution is 2.45. The van der Waals surface area contributed by atoms with Gasteiger partial charge in [0.05, 0.1) is 12.0 Å². The van der Waals surface area contributed by atoms with E-state index in [2.05, 4.69) is 15.5 Å². The molecular weight excluding hydrogens is 338 g/mol. The molecule has 0 radical (unpaired) electrons. The number of carbonyl (C=O) groups is 2. The molecule has 1 aliphatic carbocycles. The van der Waals surface area contributed by atoms with E-state index in [0.29, 0.717) is 37.6 Å². The third kappa shape index (κ3) is 4.19. The van der Waals surface area contributed by atoms with Crippen LogP contribution in [0, 0.1) is 5.41 Å². The predicted molar refractivity (Wildman–Crippen MR) is 91.5 cm³/mol. The summed E-state index contributed by atoms with van der Waals surface area (Å²) < 4.78 is 10.6. The Balaban J connectivity index is 1.49. The summed E-state index contributed by atoms with van der Waals surface area (Å²) in [7, 11) is 0. The molecule has 2 N–H and O–H groups in total. The summed E-state index contributed by atoms with van der Waals surface area (Å²) in [5.74, 6) is 0.508. The maximum Gasteiger partial charge on any atom is 0.311 e. The second-order valence-electron chi connectivity index (χ2n) is 6.33. The van der Waals surface area contributed by atoms with Crippen LogP contribution in [0.1, 0.15) is 32.1 Å².